The van der Waals surface area contributed by atoms with Gasteiger partial charge in [0.05, 0.1) is 25.9 Å². The lowest BCUT2D eigenvalue weighted by atomic mass is 10.2. The molecule has 0 saturated carbocycles. The molecule has 3 N–H and O–H groups in total. The summed E-state index contributed by atoms with van der Waals surface area (Å²) in [7, 11) is 3.05. The Morgan fingerprint density at radius 3 is 2.65 bits per heavy atom. The lowest BCUT2D eigenvalue weighted by Crippen LogP contribution is -2.12. The van der Waals surface area contributed by atoms with Crippen molar-refractivity contribution < 1.29 is 23.6 Å². The Hall–Kier alpha value is -5.13. The van der Waals surface area contributed by atoms with Gasteiger partial charge in [-0.15, -0.1) is 0 Å². The normalized spacial score (nSPS) is 10.9. The summed E-state index contributed by atoms with van der Waals surface area (Å²) >= 11 is 0. The first-order valence-corrected chi connectivity index (χ1v) is 11.3. The van der Waals surface area contributed by atoms with Gasteiger partial charge >= 0.3 is 0 Å². The number of nitrogens with one attached hydrogen (secondary N) is 1. The Labute approximate surface area is 210 Å². The van der Waals surface area contributed by atoms with Crippen molar-refractivity contribution >= 4 is 28.4 Å². The highest BCUT2D eigenvalue weighted by Crippen LogP contribution is 2.31. The van der Waals surface area contributed by atoms with Crippen LogP contribution in [-0.2, 0) is 6.54 Å². The Morgan fingerprint density at radius 2 is 1.92 bits per heavy atom. The molecule has 37 heavy (non-hydrogen) atoms. The maximum absolute atomic E-state index is 12.8. The predicted molar refractivity (Wildman–Crippen MR) is 135 cm³/mol. The van der Waals surface area contributed by atoms with Crippen LogP contribution in [0.3, 0.4) is 0 Å². The average molecular weight is 502 g/mol. The predicted octanol–water partition coefficient (Wildman–Crippen LogP) is 4.15. The number of benzene rings is 2. The average Bonchev–Trinajstić information content (AvgIpc) is 3.50. The van der Waals surface area contributed by atoms with Crippen LogP contribution in [0.25, 0.3) is 22.6 Å². The molecular weight excluding hydrogens is 478 g/mol. The number of methoxy groups -OCH3 is 2. The minimum atomic E-state index is -0.307. The minimum Gasteiger partial charge on any atom is -0.493 e. The molecule has 0 aliphatic heterocycles. The highest BCUT2D eigenvalue weighted by molar-refractivity contribution is 6.04. The Balaban J connectivity index is 1.37. The number of carbonyl (C=O) groups excluding carboxylic acids is 1. The zero-order valence-electron chi connectivity index (χ0n) is 20.3. The van der Waals surface area contributed by atoms with Crippen molar-refractivity contribution in [3.8, 4) is 34.6 Å². The van der Waals surface area contributed by atoms with Gasteiger partial charge in [-0.1, -0.05) is 6.07 Å². The number of nitrogens with zero attached hydrogens (tertiary/aromatic N) is 5. The number of fused-ring (bicyclic) bond motifs is 1. The number of pyridine rings is 1. The molecular formula is C25H23N7O5. The van der Waals surface area contributed by atoms with E-state index in [4.69, 9.17) is 24.6 Å². The van der Waals surface area contributed by atoms with Crippen molar-refractivity contribution in [3.05, 3.63) is 60.3 Å². The fraction of sp³-hybridized carbons (Fsp3) is 0.160. The molecule has 5 rings (SSSR count). The van der Waals surface area contributed by atoms with Crippen molar-refractivity contribution in [2.45, 2.75) is 13.5 Å². The molecule has 2 aromatic carbocycles. The molecule has 0 atom stereocenters. The molecule has 0 aliphatic carbocycles. The molecule has 0 radical (unpaired) electrons. The second-order valence-corrected chi connectivity index (χ2v) is 7.84. The summed E-state index contributed by atoms with van der Waals surface area (Å²) in [5, 5.41) is 10.4. The monoisotopic (exact) mass is 501 g/mol. The van der Waals surface area contributed by atoms with E-state index in [2.05, 4.69) is 25.6 Å². The first-order valence-electron chi connectivity index (χ1n) is 11.3. The zero-order valence-corrected chi connectivity index (χ0v) is 20.3. The van der Waals surface area contributed by atoms with Gasteiger partial charge in [-0.2, -0.15) is 0 Å². The number of ether oxygens (including phenoxy) is 3. The summed E-state index contributed by atoms with van der Waals surface area (Å²) in [6.07, 6.45) is 1.60. The largest absolute Gasteiger partial charge is 0.493 e. The number of aromatic nitrogens is 5. The number of nitrogen functional groups attached to an aromatic ring is 1. The molecule has 12 heteroatoms. The minimum absolute atomic E-state index is 0.154. The third-order valence-electron chi connectivity index (χ3n) is 5.61. The second-order valence-electron chi connectivity index (χ2n) is 7.84. The van der Waals surface area contributed by atoms with Crippen LogP contribution in [0.5, 0.6) is 23.1 Å². The molecule has 0 aliphatic rings. The van der Waals surface area contributed by atoms with Crippen LogP contribution in [0.1, 0.15) is 17.3 Å². The first kappa shape index (κ1) is 23.6. The summed E-state index contributed by atoms with van der Waals surface area (Å²) < 4.78 is 23.1. The zero-order chi connectivity index (χ0) is 25.9. The van der Waals surface area contributed by atoms with E-state index < -0.39 is 0 Å². The number of carbonyl (C=O) groups is 1. The smallest absolute Gasteiger partial charge is 0.255 e. The van der Waals surface area contributed by atoms with Crippen LogP contribution >= 0.6 is 0 Å². The number of anilines is 2. The number of hydrogen-bond acceptors (Lipinski definition) is 10. The Kier molecular flexibility index (Phi) is 6.29. The van der Waals surface area contributed by atoms with Gasteiger partial charge in [-0.25, -0.2) is 14.6 Å². The maximum atomic E-state index is 12.8. The van der Waals surface area contributed by atoms with Crippen molar-refractivity contribution in [1.82, 2.24) is 24.8 Å². The first-order chi connectivity index (χ1) is 18.0. The van der Waals surface area contributed by atoms with E-state index in [1.165, 1.54) is 14.2 Å². The van der Waals surface area contributed by atoms with Gasteiger partial charge in [0.1, 0.15) is 11.3 Å². The second kappa shape index (κ2) is 9.85. The van der Waals surface area contributed by atoms with Crippen molar-refractivity contribution in [2.24, 2.45) is 0 Å². The summed E-state index contributed by atoms with van der Waals surface area (Å²) in [5.41, 5.74) is 8.61. The molecule has 3 heterocycles. The SMILES string of the molecule is CCn1c(-c2nonc2N)nc2cnc(Oc3cccc(NC(=O)c4ccc(OC)c(OC)c4)c3)cc21. The highest BCUT2D eigenvalue weighted by Gasteiger charge is 2.19. The van der Waals surface area contributed by atoms with Gasteiger partial charge in [0, 0.05) is 29.9 Å². The maximum Gasteiger partial charge on any atom is 0.255 e. The molecule has 0 spiro atoms. The van der Waals surface area contributed by atoms with E-state index in [9.17, 15) is 4.79 Å². The summed E-state index contributed by atoms with van der Waals surface area (Å²) in [5.74, 6) is 2.21. The quantitative estimate of drug-likeness (QED) is 0.317. The van der Waals surface area contributed by atoms with Crippen LogP contribution in [0.15, 0.2) is 59.4 Å². The van der Waals surface area contributed by atoms with Gasteiger partial charge in [0.15, 0.2) is 28.8 Å². The number of nitrogens with two attached hydrogens (primary N) is 1. The number of imidazole rings is 1. The number of amides is 1. The molecule has 5 aromatic rings. The Morgan fingerprint density at radius 1 is 1.08 bits per heavy atom. The highest BCUT2D eigenvalue weighted by atomic mass is 16.6. The fourth-order valence-corrected chi connectivity index (χ4v) is 3.86. The molecule has 188 valence electrons. The molecule has 0 unspecified atom stereocenters. The van der Waals surface area contributed by atoms with E-state index in [1.54, 1.807) is 54.7 Å². The van der Waals surface area contributed by atoms with Gasteiger partial charge in [-0.3, -0.25) is 4.79 Å². The van der Waals surface area contributed by atoms with E-state index in [0.717, 1.165) is 5.52 Å². The summed E-state index contributed by atoms with van der Waals surface area (Å²) in [6.45, 7) is 2.57. The van der Waals surface area contributed by atoms with Crippen LogP contribution < -0.4 is 25.3 Å². The fourth-order valence-electron chi connectivity index (χ4n) is 3.86. The Bertz CT molecular complexity index is 1590. The number of aryl methyl sites for hydroxylation is 1. The number of hydrogen-bond donors (Lipinski definition) is 2. The third-order valence-corrected chi connectivity index (χ3v) is 5.61. The van der Waals surface area contributed by atoms with Gasteiger partial charge in [-0.05, 0) is 47.6 Å². The standard InChI is InChI=1S/C25H23N7O5/c1-4-32-18-12-21(27-13-17(18)29-24(32)22-23(26)31-37-30-22)36-16-7-5-6-15(11-16)28-25(33)14-8-9-19(34-2)20(10-14)35-3/h5-13H,4H2,1-3H3,(H2,26,31)(H,28,33). The molecule has 0 fully saturated rings. The van der Waals surface area contributed by atoms with E-state index in [0.29, 0.717) is 58.0 Å². The van der Waals surface area contributed by atoms with Crippen LogP contribution in [-0.4, -0.2) is 45.0 Å². The lowest BCUT2D eigenvalue weighted by molar-refractivity contribution is 0.102. The molecule has 0 saturated heterocycles. The van der Waals surface area contributed by atoms with Crippen molar-refractivity contribution in [3.63, 3.8) is 0 Å². The van der Waals surface area contributed by atoms with Crippen LogP contribution in [0.2, 0.25) is 0 Å². The summed E-state index contributed by atoms with van der Waals surface area (Å²) in [4.78, 5) is 21.7. The van der Waals surface area contributed by atoms with E-state index in [-0.39, 0.29) is 11.7 Å². The molecule has 1 amide bonds. The number of rotatable bonds is 8. The molecule has 0 bridgehead atoms. The van der Waals surface area contributed by atoms with E-state index >= 15 is 0 Å². The van der Waals surface area contributed by atoms with E-state index in [1.807, 2.05) is 11.5 Å². The lowest BCUT2D eigenvalue weighted by Gasteiger charge is -2.11. The van der Waals surface area contributed by atoms with Gasteiger partial charge < -0.3 is 29.8 Å². The summed E-state index contributed by atoms with van der Waals surface area (Å²) in [6, 6.07) is 13.7. The molecule has 3 aromatic heterocycles. The van der Waals surface area contributed by atoms with Gasteiger partial charge in [0.2, 0.25) is 5.88 Å². The topological polar surface area (TPSA) is 152 Å². The van der Waals surface area contributed by atoms with Crippen LogP contribution in [0.4, 0.5) is 11.5 Å². The molecule has 12 nitrogen and oxygen atoms in total. The van der Waals surface area contributed by atoms with Crippen molar-refractivity contribution in [2.75, 3.05) is 25.3 Å². The third kappa shape index (κ3) is 4.59. The van der Waals surface area contributed by atoms with Gasteiger partial charge in [0.25, 0.3) is 5.91 Å². The van der Waals surface area contributed by atoms with Crippen LogP contribution in [0, 0.1) is 0 Å². The van der Waals surface area contributed by atoms with Crippen molar-refractivity contribution in [1.29, 1.82) is 0 Å².